The van der Waals surface area contributed by atoms with Crippen molar-refractivity contribution in [3.63, 3.8) is 0 Å². The lowest BCUT2D eigenvalue weighted by Gasteiger charge is -2.32. The minimum Gasteiger partial charge on any atom is -0.349 e. The van der Waals surface area contributed by atoms with Crippen molar-refractivity contribution >= 4 is 33.4 Å². The smallest absolute Gasteiger partial charge is 0.255 e. The highest BCUT2D eigenvalue weighted by molar-refractivity contribution is 7.89. The molecule has 0 bridgehead atoms. The molecule has 0 saturated carbocycles. The van der Waals surface area contributed by atoms with Crippen LogP contribution >= 0.6 is 11.6 Å². The summed E-state index contributed by atoms with van der Waals surface area (Å²) in [5.41, 5.74) is 1.76. The summed E-state index contributed by atoms with van der Waals surface area (Å²) in [5.74, 6) is -0.400. The van der Waals surface area contributed by atoms with E-state index in [9.17, 15) is 18.0 Å². The number of aryl methyl sites for hydroxylation is 1. The Balaban J connectivity index is 1.41. The van der Waals surface area contributed by atoms with Gasteiger partial charge in [-0.05, 0) is 62.4 Å². The molecule has 0 atom stereocenters. The van der Waals surface area contributed by atoms with E-state index in [1.165, 1.54) is 22.5 Å². The molecule has 0 unspecified atom stereocenters. The van der Waals surface area contributed by atoms with Crippen LogP contribution in [0, 0.1) is 6.92 Å². The van der Waals surface area contributed by atoms with Gasteiger partial charge in [0.15, 0.2) is 0 Å². The second-order valence-corrected chi connectivity index (χ2v) is 11.0. The zero-order valence-corrected chi connectivity index (χ0v) is 20.2. The molecule has 2 aliphatic rings. The molecule has 4 rings (SSSR count). The van der Waals surface area contributed by atoms with Crippen molar-refractivity contribution < 1.29 is 18.0 Å². The van der Waals surface area contributed by atoms with E-state index in [0.717, 1.165) is 18.4 Å². The molecule has 0 radical (unpaired) electrons. The van der Waals surface area contributed by atoms with Gasteiger partial charge >= 0.3 is 0 Å². The van der Waals surface area contributed by atoms with E-state index in [1.807, 2.05) is 25.1 Å². The molecule has 176 valence electrons. The second-order valence-electron chi connectivity index (χ2n) is 8.61. The van der Waals surface area contributed by atoms with Gasteiger partial charge in [0.2, 0.25) is 10.0 Å². The van der Waals surface area contributed by atoms with Crippen LogP contribution in [0.15, 0.2) is 47.4 Å². The first-order valence-electron chi connectivity index (χ1n) is 11.2. The van der Waals surface area contributed by atoms with E-state index >= 15 is 0 Å². The zero-order chi connectivity index (χ0) is 23.6. The van der Waals surface area contributed by atoms with Crippen LogP contribution in [0.4, 0.5) is 0 Å². The van der Waals surface area contributed by atoms with Crippen LogP contribution in [0.3, 0.4) is 0 Å². The highest BCUT2D eigenvalue weighted by Crippen LogP contribution is 2.27. The summed E-state index contributed by atoms with van der Waals surface area (Å²) in [6.07, 6.45) is 2.92. The number of benzene rings is 2. The van der Waals surface area contributed by atoms with Crippen molar-refractivity contribution in [2.24, 2.45) is 0 Å². The molecular weight excluding hydrogens is 462 g/mol. The average Bonchev–Trinajstić information content (AvgIpc) is 3.35. The molecule has 33 heavy (non-hydrogen) atoms. The number of likely N-dealkylation sites (tertiary alicyclic amines) is 1. The molecule has 2 heterocycles. The number of nitrogens with zero attached hydrogens (tertiary/aromatic N) is 2. The van der Waals surface area contributed by atoms with Crippen LogP contribution in [0.1, 0.15) is 52.0 Å². The maximum Gasteiger partial charge on any atom is 0.255 e. The SMILES string of the molecule is Cc1ccccc1C(=O)NC1CCN(C(=O)c2cc(S(=O)(=O)N3CCCC3)ccc2Cl)CC1. The lowest BCUT2D eigenvalue weighted by atomic mass is 10.0. The Hall–Kier alpha value is -2.42. The first kappa shape index (κ1) is 23.7. The Morgan fingerprint density at radius 1 is 0.970 bits per heavy atom. The maximum absolute atomic E-state index is 13.2. The van der Waals surface area contributed by atoms with Crippen molar-refractivity contribution in [2.45, 2.75) is 43.5 Å². The van der Waals surface area contributed by atoms with Gasteiger partial charge in [0.05, 0.1) is 15.5 Å². The second kappa shape index (κ2) is 9.83. The molecule has 1 N–H and O–H groups in total. The van der Waals surface area contributed by atoms with Gasteiger partial charge in [-0.1, -0.05) is 29.8 Å². The molecule has 2 amide bonds. The standard InChI is InChI=1S/C24H28ClN3O4S/c1-17-6-2-3-7-20(17)23(29)26-18-10-14-27(15-11-18)24(30)21-16-19(8-9-22(21)25)33(31,32)28-12-4-5-13-28/h2-3,6-9,16,18H,4-5,10-15H2,1H3,(H,26,29). The normalized spacial score (nSPS) is 17.8. The van der Waals surface area contributed by atoms with Gasteiger partial charge in [-0.25, -0.2) is 8.42 Å². The summed E-state index contributed by atoms with van der Waals surface area (Å²) in [6, 6.07) is 11.7. The van der Waals surface area contributed by atoms with E-state index in [-0.39, 0.29) is 33.3 Å². The van der Waals surface area contributed by atoms with Gasteiger partial charge in [-0.2, -0.15) is 4.31 Å². The molecule has 0 aromatic heterocycles. The summed E-state index contributed by atoms with van der Waals surface area (Å²) in [6.45, 7) is 3.80. The number of rotatable bonds is 5. The predicted octanol–water partition coefficient (Wildman–Crippen LogP) is 3.47. The fraction of sp³-hybridized carbons (Fsp3) is 0.417. The van der Waals surface area contributed by atoms with Gasteiger partial charge in [0.1, 0.15) is 0 Å². The third-order valence-corrected chi connectivity index (χ3v) is 8.60. The number of piperidine rings is 1. The molecule has 2 aromatic carbocycles. The lowest BCUT2D eigenvalue weighted by Crippen LogP contribution is -2.46. The molecule has 7 nitrogen and oxygen atoms in total. The number of halogens is 1. The topological polar surface area (TPSA) is 86.8 Å². The number of nitrogens with one attached hydrogen (secondary N) is 1. The number of carbonyl (C=O) groups excluding carboxylic acids is 2. The Bertz CT molecular complexity index is 1150. The first-order valence-corrected chi connectivity index (χ1v) is 13.0. The Morgan fingerprint density at radius 2 is 1.64 bits per heavy atom. The van der Waals surface area contributed by atoms with Gasteiger partial charge < -0.3 is 10.2 Å². The molecule has 0 spiro atoms. The Kier molecular flexibility index (Phi) is 7.07. The number of amides is 2. The minimum atomic E-state index is -3.64. The first-order chi connectivity index (χ1) is 15.8. The average molecular weight is 490 g/mol. The predicted molar refractivity (Wildman–Crippen MR) is 127 cm³/mol. The Labute approximate surface area is 199 Å². The maximum atomic E-state index is 13.2. The summed E-state index contributed by atoms with van der Waals surface area (Å²) in [5, 5.41) is 3.29. The minimum absolute atomic E-state index is 0.0292. The van der Waals surface area contributed by atoms with Crippen LogP contribution in [0.2, 0.25) is 5.02 Å². The van der Waals surface area contributed by atoms with E-state index in [1.54, 1.807) is 11.0 Å². The summed E-state index contributed by atoms with van der Waals surface area (Å²) < 4.78 is 27.3. The molecule has 9 heteroatoms. The number of carbonyl (C=O) groups is 2. The monoisotopic (exact) mass is 489 g/mol. The molecular formula is C24H28ClN3O4S. The van der Waals surface area contributed by atoms with Gasteiger partial charge in [-0.15, -0.1) is 0 Å². The van der Waals surface area contributed by atoms with Crippen molar-refractivity contribution in [1.29, 1.82) is 0 Å². The van der Waals surface area contributed by atoms with Gasteiger partial charge in [0.25, 0.3) is 11.8 Å². The van der Waals surface area contributed by atoms with Crippen LogP contribution in [-0.4, -0.2) is 61.7 Å². The van der Waals surface area contributed by atoms with Crippen molar-refractivity contribution in [3.05, 3.63) is 64.2 Å². The lowest BCUT2D eigenvalue weighted by molar-refractivity contribution is 0.0698. The zero-order valence-electron chi connectivity index (χ0n) is 18.6. The molecule has 0 aliphatic carbocycles. The van der Waals surface area contributed by atoms with E-state index in [2.05, 4.69) is 5.32 Å². The summed E-state index contributed by atoms with van der Waals surface area (Å²) in [4.78, 5) is 27.5. The molecule has 2 saturated heterocycles. The van der Waals surface area contributed by atoms with Crippen LogP contribution in [0.5, 0.6) is 0 Å². The van der Waals surface area contributed by atoms with E-state index < -0.39 is 10.0 Å². The highest BCUT2D eigenvalue weighted by Gasteiger charge is 2.30. The van der Waals surface area contributed by atoms with Crippen molar-refractivity contribution in [3.8, 4) is 0 Å². The Morgan fingerprint density at radius 3 is 2.30 bits per heavy atom. The molecule has 2 aliphatic heterocycles. The summed E-state index contributed by atoms with van der Waals surface area (Å²) in [7, 11) is -3.64. The summed E-state index contributed by atoms with van der Waals surface area (Å²) >= 11 is 6.29. The van der Waals surface area contributed by atoms with E-state index in [0.29, 0.717) is 44.6 Å². The third kappa shape index (κ3) is 5.08. The molecule has 2 fully saturated rings. The van der Waals surface area contributed by atoms with Crippen molar-refractivity contribution in [1.82, 2.24) is 14.5 Å². The molecule has 2 aromatic rings. The van der Waals surface area contributed by atoms with Gasteiger partial charge in [-0.3, -0.25) is 9.59 Å². The fourth-order valence-electron chi connectivity index (χ4n) is 4.39. The number of hydrogen-bond acceptors (Lipinski definition) is 4. The van der Waals surface area contributed by atoms with Crippen LogP contribution in [0.25, 0.3) is 0 Å². The number of hydrogen-bond donors (Lipinski definition) is 1. The highest BCUT2D eigenvalue weighted by atomic mass is 35.5. The van der Waals surface area contributed by atoms with Crippen LogP contribution in [-0.2, 0) is 10.0 Å². The van der Waals surface area contributed by atoms with Crippen LogP contribution < -0.4 is 5.32 Å². The number of sulfonamides is 1. The fourth-order valence-corrected chi connectivity index (χ4v) is 6.14. The van der Waals surface area contributed by atoms with E-state index in [4.69, 9.17) is 11.6 Å². The van der Waals surface area contributed by atoms with Gasteiger partial charge in [0, 0.05) is 37.8 Å². The third-order valence-electron chi connectivity index (χ3n) is 6.38. The quantitative estimate of drug-likeness (QED) is 0.696. The van der Waals surface area contributed by atoms with Crippen molar-refractivity contribution in [2.75, 3.05) is 26.2 Å². The largest absolute Gasteiger partial charge is 0.349 e.